The fourth-order valence-corrected chi connectivity index (χ4v) is 3.31. The first-order chi connectivity index (χ1) is 13.5. The van der Waals surface area contributed by atoms with Crippen LogP contribution in [0.25, 0.3) is 11.0 Å². The second kappa shape index (κ2) is 7.15. The summed E-state index contributed by atoms with van der Waals surface area (Å²) < 4.78 is 5.43. The number of nitrogens with zero attached hydrogens (tertiary/aromatic N) is 3. The lowest BCUT2D eigenvalue weighted by Crippen LogP contribution is -2.19. The number of aromatic hydroxyl groups is 1. The number of hydrogen-bond donors (Lipinski definition) is 1. The number of anilines is 2. The van der Waals surface area contributed by atoms with Crippen molar-refractivity contribution in [2.75, 3.05) is 4.90 Å². The first-order valence-electron chi connectivity index (χ1n) is 8.90. The zero-order chi connectivity index (χ0) is 19.7. The molecule has 0 saturated carbocycles. The number of hydrogen-bond acceptors (Lipinski definition) is 6. The van der Waals surface area contributed by atoms with E-state index in [-0.39, 0.29) is 12.3 Å². The molecular formula is C22H19N3O3. The fourth-order valence-electron chi connectivity index (χ4n) is 3.31. The standard InChI is InChI=1S/C22H19N3O3/c1-14-18(5-3-11-23-14)25(19-6-4-12-24-15(19)2)13-17-20(26)9-7-16-8-10-21(27)28-22(16)17/h3-12,26H,13H2,1-2H3. The molecule has 0 spiro atoms. The van der Waals surface area contributed by atoms with E-state index in [2.05, 4.69) is 9.97 Å². The van der Waals surface area contributed by atoms with Gasteiger partial charge in [0.2, 0.25) is 0 Å². The summed E-state index contributed by atoms with van der Waals surface area (Å²) >= 11 is 0. The van der Waals surface area contributed by atoms with Crippen LogP contribution in [0.3, 0.4) is 0 Å². The minimum atomic E-state index is -0.457. The van der Waals surface area contributed by atoms with Gasteiger partial charge in [0.15, 0.2) is 0 Å². The van der Waals surface area contributed by atoms with E-state index < -0.39 is 5.63 Å². The summed E-state index contributed by atoms with van der Waals surface area (Å²) in [6, 6.07) is 14.1. The maximum absolute atomic E-state index is 11.8. The van der Waals surface area contributed by atoms with Gasteiger partial charge < -0.3 is 14.4 Å². The Morgan fingerprint density at radius 2 is 1.54 bits per heavy atom. The number of aromatic nitrogens is 2. The van der Waals surface area contributed by atoms with Gasteiger partial charge in [-0.1, -0.05) is 0 Å². The molecule has 0 aliphatic heterocycles. The number of rotatable bonds is 4. The van der Waals surface area contributed by atoms with Gasteiger partial charge in [-0.25, -0.2) is 4.79 Å². The third kappa shape index (κ3) is 3.20. The molecule has 0 amide bonds. The maximum atomic E-state index is 11.8. The minimum absolute atomic E-state index is 0.0648. The highest BCUT2D eigenvalue weighted by Crippen LogP contribution is 2.35. The highest BCUT2D eigenvalue weighted by Gasteiger charge is 2.20. The molecule has 0 bridgehead atoms. The molecule has 0 aliphatic carbocycles. The van der Waals surface area contributed by atoms with Crippen LogP contribution < -0.4 is 10.5 Å². The second-order valence-electron chi connectivity index (χ2n) is 6.54. The molecule has 4 aromatic rings. The summed E-state index contributed by atoms with van der Waals surface area (Å²) in [6.07, 6.45) is 3.48. The summed E-state index contributed by atoms with van der Waals surface area (Å²) in [4.78, 5) is 22.6. The summed E-state index contributed by atoms with van der Waals surface area (Å²) in [6.45, 7) is 4.14. The zero-order valence-corrected chi connectivity index (χ0v) is 15.6. The predicted octanol–water partition coefficient (Wildman–Crippen LogP) is 4.24. The van der Waals surface area contributed by atoms with Crippen LogP contribution in [0.4, 0.5) is 11.4 Å². The first-order valence-corrected chi connectivity index (χ1v) is 8.90. The Labute approximate surface area is 161 Å². The monoisotopic (exact) mass is 373 g/mol. The average molecular weight is 373 g/mol. The molecule has 0 unspecified atom stereocenters. The van der Waals surface area contributed by atoms with Gasteiger partial charge in [0.25, 0.3) is 0 Å². The lowest BCUT2D eigenvalue weighted by atomic mass is 10.1. The normalized spacial score (nSPS) is 10.9. The van der Waals surface area contributed by atoms with Gasteiger partial charge in [-0.2, -0.15) is 0 Å². The maximum Gasteiger partial charge on any atom is 0.336 e. The summed E-state index contributed by atoms with van der Waals surface area (Å²) in [5.74, 6) is 0.0648. The van der Waals surface area contributed by atoms with Crippen LogP contribution in [0.15, 0.2) is 70.1 Å². The van der Waals surface area contributed by atoms with Gasteiger partial charge in [-0.05, 0) is 56.3 Å². The second-order valence-corrected chi connectivity index (χ2v) is 6.54. The number of aryl methyl sites for hydroxylation is 2. The van der Waals surface area contributed by atoms with Crippen LogP contribution in [0, 0.1) is 13.8 Å². The quantitative estimate of drug-likeness (QED) is 0.539. The van der Waals surface area contributed by atoms with E-state index in [4.69, 9.17) is 4.42 Å². The molecule has 4 rings (SSSR count). The number of benzene rings is 1. The molecule has 3 aromatic heterocycles. The van der Waals surface area contributed by atoms with Crippen molar-refractivity contribution >= 4 is 22.3 Å². The molecule has 6 nitrogen and oxygen atoms in total. The molecule has 1 aromatic carbocycles. The van der Waals surface area contributed by atoms with Gasteiger partial charge in [0.05, 0.1) is 34.9 Å². The average Bonchev–Trinajstić information content (AvgIpc) is 2.69. The van der Waals surface area contributed by atoms with Crippen LogP contribution >= 0.6 is 0 Å². The Bertz CT molecular complexity index is 1170. The van der Waals surface area contributed by atoms with Crippen LogP contribution in [-0.4, -0.2) is 15.1 Å². The van der Waals surface area contributed by atoms with Crippen molar-refractivity contribution in [3.63, 3.8) is 0 Å². The Morgan fingerprint density at radius 1 is 0.929 bits per heavy atom. The lowest BCUT2D eigenvalue weighted by molar-refractivity contribution is 0.465. The molecule has 28 heavy (non-hydrogen) atoms. The Balaban J connectivity index is 1.93. The molecule has 1 N–H and O–H groups in total. The molecule has 0 fully saturated rings. The van der Waals surface area contributed by atoms with Crippen molar-refractivity contribution in [2.24, 2.45) is 0 Å². The van der Waals surface area contributed by atoms with Crippen molar-refractivity contribution in [3.8, 4) is 5.75 Å². The van der Waals surface area contributed by atoms with Crippen LogP contribution in [-0.2, 0) is 6.54 Å². The van der Waals surface area contributed by atoms with Crippen molar-refractivity contribution in [3.05, 3.63) is 88.3 Å². The van der Waals surface area contributed by atoms with E-state index >= 15 is 0 Å². The third-order valence-electron chi connectivity index (χ3n) is 4.72. The number of phenolic OH excluding ortho intramolecular Hbond substituents is 1. The predicted molar refractivity (Wildman–Crippen MR) is 108 cm³/mol. The summed E-state index contributed by atoms with van der Waals surface area (Å²) in [5.41, 5.74) is 3.89. The van der Waals surface area contributed by atoms with E-state index in [1.165, 1.54) is 6.07 Å². The molecule has 0 radical (unpaired) electrons. The van der Waals surface area contributed by atoms with E-state index in [9.17, 15) is 9.90 Å². The Hall–Kier alpha value is -3.67. The fraction of sp³-hybridized carbons (Fsp3) is 0.136. The molecule has 6 heteroatoms. The topological polar surface area (TPSA) is 79.5 Å². The van der Waals surface area contributed by atoms with E-state index in [0.29, 0.717) is 11.1 Å². The smallest absolute Gasteiger partial charge is 0.336 e. The largest absolute Gasteiger partial charge is 0.507 e. The molecule has 0 atom stereocenters. The molecule has 0 saturated heterocycles. The van der Waals surface area contributed by atoms with E-state index in [1.807, 2.05) is 43.0 Å². The molecule has 0 aliphatic rings. The van der Waals surface area contributed by atoms with Crippen LogP contribution in [0.1, 0.15) is 17.0 Å². The highest BCUT2D eigenvalue weighted by molar-refractivity contribution is 5.83. The summed E-state index contributed by atoms with van der Waals surface area (Å²) in [7, 11) is 0. The Morgan fingerprint density at radius 3 is 2.14 bits per heavy atom. The molecular weight excluding hydrogens is 354 g/mol. The van der Waals surface area contributed by atoms with Gasteiger partial charge >= 0.3 is 5.63 Å². The number of pyridine rings is 2. The van der Waals surface area contributed by atoms with Crippen molar-refractivity contribution in [1.29, 1.82) is 0 Å². The summed E-state index contributed by atoms with van der Waals surface area (Å²) in [5, 5.41) is 11.3. The number of phenols is 1. The van der Waals surface area contributed by atoms with Gasteiger partial charge in [0, 0.05) is 23.8 Å². The molecule has 3 heterocycles. The number of fused-ring (bicyclic) bond motifs is 1. The highest BCUT2D eigenvalue weighted by atomic mass is 16.4. The van der Waals surface area contributed by atoms with Gasteiger partial charge in [0.1, 0.15) is 11.3 Å². The lowest BCUT2D eigenvalue weighted by Gasteiger charge is -2.27. The zero-order valence-electron chi connectivity index (χ0n) is 15.6. The van der Waals surface area contributed by atoms with Crippen molar-refractivity contribution in [1.82, 2.24) is 9.97 Å². The third-order valence-corrected chi connectivity index (χ3v) is 4.72. The SMILES string of the molecule is Cc1ncccc1N(Cc1c(O)ccc2ccc(=O)oc12)c1cccnc1C. The van der Waals surface area contributed by atoms with Gasteiger partial charge in [-0.15, -0.1) is 0 Å². The van der Waals surface area contributed by atoms with Gasteiger partial charge in [-0.3, -0.25) is 9.97 Å². The van der Waals surface area contributed by atoms with Crippen molar-refractivity contribution < 1.29 is 9.52 Å². The van der Waals surface area contributed by atoms with Crippen LogP contribution in [0.5, 0.6) is 5.75 Å². The van der Waals surface area contributed by atoms with E-state index in [0.717, 1.165) is 28.1 Å². The minimum Gasteiger partial charge on any atom is -0.507 e. The van der Waals surface area contributed by atoms with E-state index in [1.54, 1.807) is 30.6 Å². The van der Waals surface area contributed by atoms with Crippen molar-refractivity contribution in [2.45, 2.75) is 20.4 Å². The first kappa shape index (κ1) is 17.7. The van der Waals surface area contributed by atoms with Crippen LogP contribution in [0.2, 0.25) is 0 Å². The molecule has 140 valence electrons. The Kier molecular flexibility index (Phi) is 4.53.